The molecule has 3 aromatic rings. The molecule has 1 aliphatic rings. The van der Waals surface area contributed by atoms with Gasteiger partial charge in [0.05, 0.1) is 11.6 Å². The number of hydrogen-bond acceptors (Lipinski definition) is 3. The Bertz CT molecular complexity index is 935. The average molecular weight is 348 g/mol. The van der Waals surface area contributed by atoms with Gasteiger partial charge in [0.15, 0.2) is 5.69 Å². The summed E-state index contributed by atoms with van der Waals surface area (Å²) in [6, 6.07) is 17.0. The van der Waals surface area contributed by atoms with E-state index in [1.807, 2.05) is 59.5 Å². The van der Waals surface area contributed by atoms with E-state index in [1.54, 1.807) is 0 Å². The summed E-state index contributed by atoms with van der Waals surface area (Å²) >= 11 is 0. The minimum Gasteiger partial charge on any atom is -0.342 e. The Morgan fingerprint density at radius 3 is 2.69 bits per heavy atom. The van der Waals surface area contributed by atoms with Crippen molar-refractivity contribution in [1.29, 1.82) is 0 Å². The van der Waals surface area contributed by atoms with Crippen LogP contribution in [-0.4, -0.2) is 40.0 Å². The topological polar surface area (TPSA) is 78.1 Å². The SMILES string of the molecule is O=C(NC(CN1CCCC1=O)c1ccccc1)c1n[nH]c2ccccc12. The molecule has 0 spiro atoms. The number of hydrogen-bond donors (Lipinski definition) is 2. The second-order valence-corrected chi connectivity index (χ2v) is 6.50. The molecule has 0 bridgehead atoms. The van der Waals surface area contributed by atoms with E-state index in [9.17, 15) is 9.59 Å². The van der Waals surface area contributed by atoms with Crippen molar-refractivity contribution in [3.63, 3.8) is 0 Å². The third kappa shape index (κ3) is 3.18. The van der Waals surface area contributed by atoms with E-state index >= 15 is 0 Å². The zero-order valence-electron chi connectivity index (χ0n) is 14.3. The van der Waals surface area contributed by atoms with Crippen LogP contribution in [0.3, 0.4) is 0 Å². The number of carbonyl (C=O) groups excluding carboxylic acids is 2. The molecule has 1 atom stereocenters. The number of H-pyrrole nitrogens is 1. The smallest absolute Gasteiger partial charge is 0.272 e. The highest BCUT2D eigenvalue weighted by Gasteiger charge is 2.26. The van der Waals surface area contributed by atoms with Crippen molar-refractivity contribution < 1.29 is 9.59 Å². The first-order valence-electron chi connectivity index (χ1n) is 8.79. The molecule has 26 heavy (non-hydrogen) atoms. The number of aromatic nitrogens is 2. The van der Waals surface area contributed by atoms with Gasteiger partial charge in [-0.1, -0.05) is 48.5 Å². The zero-order chi connectivity index (χ0) is 17.9. The van der Waals surface area contributed by atoms with Crippen LogP contribution in [0.4, 0.5) is 0 Å². The molecular weight excluding hydrogens is 328 g/mol. The van der Waals surface area contributed by atoms with Crippen molar-refractivity contribution in [2.75, 3.05) is 13.1 Å². The van der Waals surface area contributed by atoms with Gasteiger partial charge in [-0.25, -0.2) is 0 Å². The summed E-state index contributed by atoms with van der Waals surface area (Å²) in [5, 5.41) is 10.9. The Hall–Kier alpha value is -3.15. The Kier molecular flexibility index (Phi) is 4.39. The molecule has 1 aliphatic heterocycles. The van der Waals surface area contributed by atoms with Crippen LogP contribution in [0.1, 0.15) is 34.9 Å². The van der Waals surface area contributed by atoms with E-state index < -0.39 is 0 Å². The average Bonchev–Trinajstić information content (AvgIpc) is 3.28. The number of nitrogens with zero attached hydrogens (tertiary/aromatic N) is 2. The predicted molar refractivity (Wildman–Crippen MR) is 98.6 cm³/mol. The minimum absolute atomic E-state index is 0.144. The molecule has 2 heterocycles. The molecule has 0 radical (unpaired) electrons. The molecule has 0 saturated carbocycles. The van der Waals surface area contributed by atoms with Gasteiger partial charge in [-0.05, 0) is 18.1 Å². The van der Waals surface area contributed by atoms with Gasteiger partial charge in [-0.15, -0.1) is 0 Å². The van der Waals surface area contributed by atoms with Gasteiger partial charge in [0.2, 0.25) is 5.91 Å². The van der Waals surface area contributed by atoms with Crippen LogP contribution < -0.4 is 5.32 Å². The lowest BCUT2D eigenvalue weighted by atomic mass is 10.1. The molecule has 0 aliphatic carbocycles. The van der Waals surface area contributed by atoms with Gasteiger partial charge < -0.3 is 10.2 Å². The van der Waals surface area contributed by atoms with E-state index in [1.165, 1.54) is 0 Å². The maximum atomic E-state index is 12.9. The first-order chi connectivity index (χ1) is 12.7. The van der Waals surface area contributed by atoms with Gasteiger partial charge in [-0.2, -0.15) is 5.10 Å². The first kappa shape index (κ1) is 16.3. The minimum atomic E-state index is -0.277. The van der Waals surface area contributed by atoms with Crippen molar-refractivity contribution in [3.8, 4) is 0 Å². The zero-order valence-corrected chi connectivity index (χ0v) is 14.3. The van der Waals surface area contributed by atoms with E-state index in [4.69, 9.17) is 0 Å². The summed E-state index contributed by atoms with van der Waals surface area (Å²) in [6.07, 6.45) is 1.46. The third-order valence-electron chi connectivity index (χ3n) is 4.77. The summed E-state index contributed by atoms with van der Waals surface area (Å²) in [5.41, 5.74) is 2.17. The van der Waals surface area contributed by atoms with Crippen molar-refractivity contribution in [2.45, 2.75) is 18.9 Å². The third-order valence-corrected chi connectivity index (χ3v) is 4.77. The number of amides is 2. The summed E-state index contributed by atoms with van der Waals surface area (Å²) in [6.45, 7) is 1.21. The van der Waals surface area contributed by atoms with E-state index in [2.05, 4.69) is 15.5 Å². The van der Waals surface area contributed by atoms with Crippen LogP contribution in [0.5, 0.6) is 0 Å². The molecule has 1 unspecified atom stereocenters. The van der Waals surface area contributed by atoms with Crippen molar-refractivity contribution >= 4 is 22.7 Å². The lowest BCUT2D eigenvalue weighted by molar-refractivity contribution is -0.128. The molecule has 4 rings (SSSR count). The van der Waals surface area contributed by atoms with Gasteiger partial charge in [0, 0.05) is 24.9 Å². The van der Waals surface area contributed by atoms with Gasteiger partial charge >= 0.3 is 0 Å². The number of carbonyl (C=O) groups is 2. The second kappa shape index (κ2) is 7.00. The monoisotopic (exact) mass is 348 g/mol. The van der Waals surface area contributed by atoms with Crippen LogP contribution in [-0.2, 0) is 4.79 Å². The van der Waals surface area contributed by atoms with Crippen LogP contribution in [0, 0.1) is 0 Å². The highest BCUT2D eigenvalue weighted by molar-refractivity contribution is 6.04. The van der Waals surface area contributed by atoms with Gasteiger partial charge in [0.1, 0.15) is 0 Å². The summed E-state index contributed by atoms with van der Waals surface area (Å²) < 4.78 is 0. The van der Waals surface area contributed by atoms with Crippen molar-refractivity contribution in [3.05, 3.63) is 65.9 Å². The predicted octanol–water partition coefficient (Wildman–Crippen LogP) is 2.66. The number of benzene rings is 2. The fourth-order valence-electron chi connectivity index (χ4n) is 3.40. The molecule has 6 heteroatoms. The molecule has 2 N–H and O–H groups in total. The van der Waals surface area contributed by atoms with E-state index in [0.29, 0.717) is 18.7 Å². The number of para-hydroxylation sites is 1. The second-order valence-electron chi connectivity index (χ2n) is 6.50. The van der Waals surface area contributed by atoms with Crippen LogP contribution in [0.25, 0.3) is 10.9 Å². The summed E-state index contributed by atoms with van der Waals surface area (Å²) in [4.78, 5) is 26.7. The Morgan fingerprint density at radius 1 is 1.15 bits per heavy atom. The molecular formula is C20H20N4O2. The molecule has 2 aromatic carbocycles. The van der Waals surface area contributed by atoms with Crippen LogP contribution >= 0.6 is 0 Å². The number of fused-ring (bicyclic) bond motifs is 1. The lowest BCUT2D eigenvalue weighted by Gasteiger charge is -2.25. The first-order valence-corrected chi connectivity index (χ1v) is 8.79. The summed E-state index contributed by atoms with van der Waals surface area (Å²) in [7, 11) is 0. The highest BCUT2D eigenvalue weighted by Crippen LogP contribution is 2.20. The molecule has 132 valence electrons. The van der Waals surface area contributed by atoms with E-state index in [0.717, 1.165) is 29.4 Å². The van der Waals surface area contributed by atoms with Crippen LogP contribution in [0.2, 0.25) is 0 Å². The highest BCUT2D eigenvalue weighted by atomic mass is 16.2. The Labute approximate surface area is 151 Å². The Balaban J connectivity index is 1.59. The van der Waals surface area contributed by atoms with Crippen molar-refractivity contribution in [2.24, 2.45) is 0 Å². The number of nitrogens with one attached hydrogen (secondary N) is 2. The molecule has 2 amide bonds. The standard InChI is InChI=1S/C20H20N4O2/c25-18-11-6-12-24(18)13-17(14-7-2-1-3-8-14)21-20(26)19-15-9-4-5-10-16(15)22-23-19/h1-5,7-10,17H,6,11-13H2,(H,21,26)(H,22,23). The van der Waals surface area contributed by atoms with Crippen LogP contribution in [0.15, 0.2) is 54.6 Å². The number of aromatic amines is 1. The van der Waals surface area contributed by atoms with Gasteiger partial charge in [0.25, 0.3) is 5.91 Å². The largest absolute Gasteiger partial charge is 0.342 e. The molecule has 1 saturated heterocycles. The maximum Gasteiger partial charge on any atom is 0.272 e. The van der Waals surface area contributed by atoms with Crippen molar-refractivity contribution in [1.82, 2.24) is 20.4 Å². The van der Waals surface area contributed by atoms with E-state index in [-0.39, 0.29) is 17.9 Å². The summed E-state index contributed by atoms with van der Waals surface area (Å²) in [5.74, 6) is -0.103. The normalized spacial score (nSPS) is 15.4. The van der Waals surface area contributed by atoms with Gasteiger partial charge in [-0.3, -0.25) is 14.7 Å². The molecule has 1 fully saturated rings. The fraction of sp³-hybridized carbons (Fsp3) is 0.250. The lowest BCUT2D eigenvalue weighted by Crippen LogP contribution is -2.38. The molecule has 6 nitrogen and oxygen atoms in total. The fourth-order valence-corrected chi connectivity index (χ4v) is 3.40. The quantitative estimate of drug-likeness (QED) is 0.744. The maximum absolute atomic E-state index is 12.9. The Morgan fingerprint density at radius 2 is 1.92 bits per heavy atom. The number of rotatable bonds is 5. The number of likely N-dealkylation sites (tertiary alicyclic amines) is 1. The molecule has 1 aromatic heterocycles.